The van der Waals surface area contributed by atoms with Crippen LogP contribution in [-0.4, -0.2) is 67.2 Å². The summed E-state index contributed by atoms with van der Waals surface area (Å²) in [6, 6.07) is 10.6. The largest absolute Gasteiger partial charge is 0.469 e. The summed E-state index contributed by atoms with van der Waals surface area (Å²) in [6.07, 6.45) is 0.494. The van der Waals surface area contributed by atoms with E-state index in [0.717, 1.165) is 16.5 Å². The van der Waals surface area contributed by atoms with Gasteiger partial charge in [-0.15, -0.1) is 11.8 Å². The number of rotatable bonds is 7. The quantitative estimate of drug-likeness (QED) is 0.275. The molecule has 0 radical (unpaired) electrons. The summed E-state index contributed by atoms with van der Waals surface area (Å²) in [6.45, 7) is 2.81. The highest BCUT2D eigenvalue weighted by Gasteiger charge is 2.46. The van der Waals surface area contributed by atoms with Crippen molar-refractivity contribution in [2.24, 2.45) is 5.41 Å². The standard InChI is InChI=1S/C32H31F2N3O8S/c1-32(2,14-25(39)42-3)31(41)45-17-44-29-22(38)10-11-36-28(29)30(40)35-12-13-43-15-24(35)37(36)27-18-8-9-21(33)26(34)20(18)16-46-23-7-5-4-6-19(23)27/h4-11,24,27H,12-17H2,1-3H3/t24-,27+/m1/s1. The highest BCUT2D eigenvalue weighted by atomic mass is 32.2. The molecule has 2 aromatic carbocycles. The van der Waals surface area contributed by atoms with Gasteiger partial charge in [0.05, 0.1) is 38.2 Å². The molecule has 46 heavy (non-hydrogen) atoms. The number of nitrogens with zero attached hydrogens (tertiary/aromatic N) is 3. The molecule has 0 unspecified atom stereocenters. The van der Waals surface area contributed by atoms with E-state index in [2.05, 4.69) is 4.74 Å². The number of aromatic nitrogens is 1. The molecule has 242 valence electrons. The van der Waals surface area contributed by atoms with Crippen LogP contribution in [0.15, 0.2) is 58.4 Å². The van der Waals surface area contributed by atoms with Crippen LogP contribution in [-0.2, 0) is 29.6 Å². The van der Waals surface area contributed by atoms with E-state index in [1.54, 1.807) is 11.0 Å². The third-order valence-corrected chi connectivity index (χ3v) is 9.41. The van der Waals surface area contributed by atoms with Crippen molar-refractivity contribution in [1.29, 1.82) is 0 Å². The summed E-state index contributed by atoms with van der Waals surface area (Å²) < 4.78 is 52.8. The zero-order chi connectivity index (χ0) is 32.7. The molecule has 1 aromatic heterocycles. The second-order valence-electron chi connectivity index (χ2n) is 11.6. The van der Waals surface area contributed by atoms with Crippen molar-refractivity contribution >= 4 is 29.6 Å². The molecular weight excluding hydrogens is 624 g/mol. The molecule has 0 saturated carbocycles. The fraction of sp³-hybridized carbons (Fsp3) is 0.375. The number of hydrogen-bond donors (Lipinski definition) is 0. The molecule has 3 aromatic rings. The molecule has 0 N–H and O–H groups in total. The fourth-order valence-electron chi connectivity index (χ4n) is 5.95. The Kier molecular flexibility index (Phi) is 8.51. The Morgan fingerprint density at radius 2 is 1.87 bits per heavy atom. The molecule has 4 heterocycles. The Balaban J connectivity index is 1.45. The maximum atomic E-state index is 15.4. The predicted octanol–water partition coefficient (Wildman–Crippen LogP) is 3.74. The molecule has 11 nitrogen and oxygen atoms in total. The fourth-order valence-corrected chi connectivity index (χ4v) is 7.07. The van der Waals surface area contributed by atoms with Gasteiger partial charge >= 0.3 is 11.9 Å². The third-order valence-electron chi connectivity index (χ3n) is 8.29. The molecule has 0 aliphatic carbocycles. The molecule has 0 spiro atoms. The number of hydrogen-bond acceptors (Lipinski definition) is 10. The lowest BCUT2D eigenvalue weighted by atomic mass is 9.90. The van der Waals surface area contributed by atoms with E-state index < -0.39 is 59.3 Å². The first-order valence-corrected chi connectivity index (χ1v) is 15.5. The second-order valence-corrected chi connectivity index (χ2v) is 12.6. The van der Waals surface area contributed by atoms with Gasteiger partial charge in [-0.25, -0.2) is 8.78 Å². The Bertz CT molecular complexity index is 1780. The molecule has 0 bridgehead atoms. The topological polar surface area (TPSA) is 117 Å². The Morgan fingerprint density at radius 1 is 1.09 bits per heavy atom. The van der Waals surface area contributed by atoms with Gasteiger partial charge in [-0.05, 0) is 37.1 Å². The van der Waals surface area contributed by atoms with E-state index in [4.69, 9.17) is 14.2 Å². The molecule has 1 fully saturated rings. The molecular formula is C32H31F2N3O8S. The summed E-state index contributed by atoms with van der Waals surface area (Å²) in [5.74, 6) is -4.00. The van der Waals surface area contributed by atoms with Gasteiger partial charge in [0.1, 0.15) is 6.17 Å². The zero-order valence-corrected chi connectivity index (χ0v) is 26.1. The van der Waals surface area contributed by atoms with Crippen LogP contribution in [0.25, 0.3) is 0 Å². The van der Waals surface area contributed by atoms with Crippen molar-refractivity contribution < 1.29 is 42.1 Å². The molecule has 1 saturated heterocycles. The Morgan fingerprint density at radius 3 is 2.65 bits per heavy atom. The van der Waals surface area contributed by atoms with E-state index in [0.29, 0.717) is 5.56 Å². The molecule has 1 amide bonds. The van der Waals surface area contributed by atoms with Crippen LogP contribution in [0.2, 0.25) is 0 Å². The van der Waals surface area contributed by atoms with Crippen LogP contribution in [0.5, 0.6) is 5.75 Å². The van der Waals surface area contributed by atoms with Crippen LogP contribution in [0.4, 0.5) is 8.78 Å². The first-order valence-electron chi connectivity index (χ1n) is 14.5. The van der Waals surface area contributed by atoms with Crippen LogP contribution in [0.1, 0.15) is 53.5 Å². The SMILES string of the molecule is COC(=O)CC(C)(C)C(=O)OCOc1c2n(ccc1=O)N([C@@H]1c3ccccc3SCc3c1ccc(F)c3F)[C@@H]1COCCN1C2=O. The van der Waals surface area contributed by atoms with Crippen molar-refractivity contribution in [3.63, 3.8) is 0 Å². The van der Waals surface area contributed by atoms with Crippen molar-refractivity contribution in [2.75, 3.05) is 38.7 Å². The number of halogens is 2. The monoisotopic (exact) mass is 655 g/mol. The van der Waals surface area contributed by atoms with Gasteiger partial charge in [0.25, 0.3) is 5.91 Å². The number of morpholine rings is 1. The van der Waals surface area contributed by atoms with Gasteiger partial charge in [-0.3, -0.25) is 28.9 Å². The van der Waals surface area contributed by atoms with Gasteiger partial charge in [0.15, 0.2) is 17.3 Å². The van der Waals surface area contributed by atoms with Crippen LogP contribution >= 0.6 is 11.8 Å². The summed E-state index contributed by atoms with van der Waals surface area (Å²) in [4.78, 5) is 54.2. The van der Waals surface area contributed by atoms with E-state index in [-0.39, 0.29) is 48.9 Å². The molecule has 2 atom stereocenters. The van der Waals surface area contributed by atoms with Crippen molar-refractivity contribution in [2.45, 2.75) is 43.1 Å². The first kappa shape index (κ1) is 31.5. The highest BCUT2D eigenvalue weighted by molar-refractivity contribution is 7.98. The van der Waals surface area contributed by atoms with Gasteiger partial charge in [0, 0.05) is 35.0 Å². The van der Waals surface area contributed by atoms with E-state index in [9.17, 15) is 23.6 Å². The number of amides is 1. The number of esters is 2. The number of carbonyl (C=O) groups excluding carboxylic acids is 3. The second kappa shape index (κ2) is 12.4. The summed E-state index contributed by atoms with van der Waals surface area (Å²) in [5.41, 5.74) is -0.555. The highest BCUT2D eigenvalue weighted by Crippen LogP contribution is 2.45. The number of ether oxygens (including phenoxy) is 4. The smallest absolute Gasteiger partial charge is 0.314 e. The number of carbonyl (C=O) groups is 3. The molecule has 3 aliphatic heterocycles. The number of benzene rings is 2. The van der Waals surface area contributed by atoms with Gasteiger partial charge in [0.2, 0.25) is 18.0 Å². The number of fused-ring (bicyclic) bond motifs is 4. The normalized spacial score (nSPS) is 18.8. The average Bonchev–Trinajstić information content (AvgIpc) is 3.21. The molecule has 6 rings (SSSR count). The van der Waals surface area contributed by atoms with Crippen LogP contribution in [0, 0.1) is 17.0 Å². The predicted molar refractivity (Wildman–Crippen MR) is 161 cm³/mol. The van der Waals surface area contributed by atoms with E-state index >= 15 is 4.39 Å². The van der Waals surface area contributed by atoms with E-state index in [1.807, 2.05) is 29.3 Å². The first-order chi connectivity index (χ1) is 22.0. The summed E-state index contributed by atoms with van der Waals surface area (Å²) in [5, 5.41) is 1.81. The Labute approximate surface area is 266 Å². The number of methoxy groups -OCH3 is 1. The van der Waals surface area contributed by atoms with Gasteiger partial charge in [-0.2, -0.15) is 0 Å². The minimum atomic E-state index is -1.25. The van der Waals surface area contributed by atoms with Crippen molar-refractivity contribution in [1.82, 2.24) is 9.58 Å². The molecule has 14 heteroatoms. The lowest BCUT2D eigenvalue weighted by molar-refractivity contribution is -0.165. The zero-order valence-electron chi connectivity index (χ0n) is 25.3. The maximum Gasteiger partial charge on any atom is 0.314 e. The van der Waals surface area contributed by atoms with Crippen LogP contribution in [0.3, 0.4) is 0 Å². The van der Waals surface area contributed by atoms with Crippen molar-refractivity contribution in [3.8, 4) is 5.75 Å². The Hall–Kier alpha value is -4.43. The third kappa shape index (κ3) is 5.49. The summed E-state index contributed by atoms with van der Waals surface area (Å²) in [7, 11) is 1.21. The average molecular weight is 656 g/mol. The van der Waals surface area contributed by atoms with Crippen LogP contribution < -0.4 is 15.2 Å². The number of pyridine rings is 1. The van der Waals surface area contributed by atoms with Gasteiger partial charge < -0.3 is 23.8 Å². The maximum absolute atomic E-state index is 15.4. The van der Waals surface area contributed by atoms with Gasteiger partial charge in [-0.1, -0.05) is 24.3 Å². The lowest BCUT2D eigenvalue weighted by Gasteiger charge is -2.51. The van der Waals surface area contributed by atoms with Crippen molar-refractivity contribution in [3.05, 3.63) is 92.9 Å². The van der Waals surface area contributed by atoms with E-state index in [1.165, 1.54) is 49.7 Å². The summed E-state index contributed by atoms with van der Waals surface area (Å²) >= 11 is 1.37. The number of thioether (sulfide) groups is 1. The lowest BCUT2D eigenvalue weighted by Crippen LogP contribution is -2.66. The minimum absolute atomic E-state index is 0.102. The minimum Gasteiger partial charge on any atom is -0.469 e. The molecule has 3 aliphatic rings.